The van der Waals surface area contributed by atoms with Gasteiger partial charge in [-0.25, -0.2) is 0 Å². The number of carbonyl (C=O) groups excluding carboxylic acids is 1. The van der Waals surface area contributed by atoms with Crippen molar-refractivity contribution in [2.45, 2.75) is 19.0 Å². The Bertz CT molecular complexity index is 507. The third kappa shape index (κ3) is 3.74. The van der Waals surface area contributed by atoms with Gasteiger partial charge in [-0.15, -0.1) is 11.8 Å². The summed E-state index contributed by atoms with van der Waals surface area (Å²) in [6, 6.07) is 7.22. The molecule has 1 aliphatic rings. The minimum Gasteiger partial charge on any atom is -0.480 e. The Labute approximate surface area is 122 Å². The fourth-order valence-electron chi connectivity index (χ4n) is 2.14. The molecule has 1 heterocycles. The van der Waals surface area contributed by atoms with E-state index in [1.54, 1.807) is 0 Å². The van der Waals surface area contributed by atoms with Crippen LogP contribution in [0.15, 0.2) is 24.3 Å². The Morgan fingerprint density at radius 2 is 2.05 bits per heavy atom. The molecule has 0 unspecified atom stereocenters. The second-order valence-corrected chi connectivity index (χ2v) is 5.82. The third-order valence-corrected chi connectivity index (χ3v) is 4.37. The molecule has 5 nitrogen and oxygen atoms in total. The molecule has 0 aromatic heterocycles. The van der Waals surface area contributed by atoms with Crippen molar-refractivity contribution in [3.8, 4) is 0 Å². The summed E-state index contributed by atoms with van der Waals surface area (Å²) in [5.41, 5.74) is 7.90. The first kappa shape index (κ1) is 14.9. The van der Waals surface area contributed by atoms with Crippen LogP contribution in [0.2, 0.25) is 0 Å². The highest BCUT2D eigenvalue weighted by Crippen LogP contribution is 2.19. The van der Waals surface area contributed by atoms with Crippen LogP contribution in [0.1, 0.15) is 11.1 Å². The van der Waals surface area contributed by atoms with Crippen LogP contribution < -0.4 is 5.73 Å². The van der Waals surface area contributed by atoms with Crippen molar-refractivity contribution >= 4 is 23.6 Å². The molecule has 1 aromatic rings. The number of benzene rings is 1. The second-order valence-electron chi connectivity index (χ2n) is 4.79. The average molecular weight is 294 g/mol. The van der Waals surface area contributed by atoms with Crippen molar-refractivity contribution < 1.29 is 14.7 Å². The Morgan fingerprint density at radius 1 is 1.35 bits per heavy atom. The number of hydrogen-bond acceptors (Lipinski definition) is 4. The molecule has 1 atom stereocenters. The van der Waals surface area contributed by atoms with E-state index >= 15 is 0 Å². The first-order valence-electron chi connectivity index (χ1n) is 6.48. The van der Waals surface area contributed by atoms with Crippen molar-refractivity contribution in [1.82, 2.24) is 4.90 Å². The fourth-order valence-corrected chi connectivity index (χ4v) is 3.02. The third-order valence-electron chi connectivity index (χ3n) is 3.32. The smallest absolute Gasteiger partial charge is 0.321 e. The number of carboxylic acids is 1. The molecule has 1 amide bonds. The number of fused-ring (bicyclic) bond motifs is 1. The van der Waals surface area contributed by atoms with Crippen LogP contribution in [0.25, 0.3) is 0 Å². The molecular weight excluding hydrogens is 276 g/mol. The van der Waals surface area contributed by atoms with Crippen LogP contribution in [-0.4, -0.2) is 46.0 Å². The second kappa shape index (κ2) is 6.76. The number of thioether (sulfide) groups is 1. The molecule has 0 spiro atoms. The van der Waals surface area contributed by atoms with Gasteiger partial charge in [0.15, 0.2) is 0 Å². The summed E-state index contributed by atoms with van der Waals surface area (Å²) in [5.74, 6) is -0.451. The van der Waals surface area contributed by atoms with Crippen LogP contribution in [0.5, 0.6) is 0 Å². The van der Waals surface area contributed by atoms with Gasteiger partial charge >= 0.3 is 5.97 Å². The van der Waals surface area contributed by atoms with Gasteiger partial charge < -0.3 is 15.7 Å². The van der Waals surface area contributed by atoms with Crippen molar-refractivity contribution in [3.05, 3.63) is 35.4 Å². The summed E-state index contributed by atoms with van der Waals surface area (Å²) in [6.07, 6.45) is 0.876. The van der Waals surface area contributed by atoms with E-state index in [1.807, 2.05) is 23.1 Å². The Morgan fingerprint density at radius 3 is 2.75 bits per heavy atom. The topological polar surface area (TPSA) is 83.6 Å². The van der Waals surface area contributed by atoms with Crippen LogP contribution in [0.4, 0.5) is 0 Å². The number of hydrogen-bond donors (Lipinski definition) is 2. The molecule has 0 radical (unpaired) electrons. The van der Waals surface area contributed by atoms with Crippen molar-refractivity contribution in [2.24, 2.45) is 5.73 Å². The lowest BCUT2D eigenvalue weighted by atomic mass is 10.00. The molecule has 0 aliphatic carbocycles. The van der Waals surface area contributed by atoms with Gasteiger partial charge in [0.2, 0.25) is 5.91 Å². The van der Waals surface area contributed by atoms with E-state index in [9.17, 15) is 9.59 Å². The van der Waals surface area contributed by atoms with Crippen LogP contribution in [0.3, 0.4) is 0 Å². The van der Waals surface area contributed by atoms with Gasteiger partial charge in [-0.3, -0.25) is 9.59 Å². The van der Waals surface area contributed by atoms with Gasteiger partial charge in [0.1, 0.15) is 6.04 Å². The number of amides is 1. The Kier molecular flexibility index (Phi) is 5.03. The maximum absolute atomic E-state index is 12.1. The molecule has 0 fully saturated rings. The maximum atomic E-state index is 12.1. The zero-order chi connectivity index (χ0) is 14.5. The Balaban J connectivity index is 1.81. The monoisotopic (exact) mass is 294 g/mol. The maximum Gasteiger partial charge on any atom is 0.321 e. The summed E-state index contributed by atoms with van der Waals surface area (Å²) in [5, 5.41) is 8.67. The highest BCUT2D eigenvalue weighted by molar-refractivity contribution is 8.00. The fraction of sp³-hybridized carbons (Fsp3) is 0.429. The highest BCUT2D eigenvalue weighted by atomic mass is 32.2. The molecule has 0 saturated carbocycles. The number of nitrogens with zero attached hydrogens (tertiary/aromatic N) is 1. The number of nitrogens with two attached hydrogens (primary N) is 1. The zero-order valence-corrected chi connectivity index (χ0v) is 11.9. The molecule has 6 heteroatoms. The SMILES string of the molecule is N[C@H](CSCC(=O)N1CCc2ccccc2C1)C(=O)O. The molecule has 20 heavy (non-hydrogen) atoms. The molecule has 2 rings (SSSR count). The van der Waals surface area contributed by atoms with Gasteiger partial charge in [-0.1, -0.05) is 24.3 Å². The van der Waals surface area contributed by atoms with Crippen LogP contribution in [-0.2, 0) is 22.6 Å². The summed E-state index contributed by atoms with van der Waals surface area (Å²) >= 11 is 1.28. The van der Waals surface area contributed by atoms with Crippen LogP contribution >= 0.6 is 11.8 Å². The summed E-state index contributed by atoms with van der Waals surface area (Å²) in [4.78, 5) is 24.5. The normalized spacial score (nSPS) is 15.6. The molecule has 1 aliphatic heterocycles. The summed E-state index contributed by atoms with van der Waals surface area (Å²) in [7, 11) is 0. The molecule has 0 bridgehead atoms. The van der Waals surface area contributed by atoms with Gasteiger partial charge in [0, 0.05) is 18.8 Å². The number of carboxylic acid groups (broad SMARTS) is 1. The number of aliphatic carboxylic acids is 1. The Hall–Kier alpha value is -1.53. The number of carbonyl (C=O) groups is 2. The average Bonchev–Trinajstić information content (AvgIpc) is 2.46. The van der Waals surface area contributed by atoms with Gasteiger partial charge in [0.25, 0.3) is 0 Å². The zero-order valence-electron chi connectivity index (χ0n) is 11.1. The van der Waals surface area contributed by atoms with Crippen molar-refractivity contribution in [2.75, 3.05) is 18.1 Å². The largest absolute Gasteiger partial charge is 0.480 e. The minimum absolute atomic E-state index is 0.0436. The number of rotatable bonds is 5. The van der Waals surface area contributed by atoms with Gasteiger partial charge in [0.05, 0.1) is 5.75 Å². The van der Waals surface area contributed by atoms with E-state index < -0.39 is 12.0 Å². The first-order valence-corrected chi connectivity index (χ1v) is 7.64. The van der Waals surface area contributed by atoms with E-state index in [2.05, 4.69) is 6.07 Å². The molecule has 1 aromatic carbocycles. The van der Waals surface area contributed by atoms with E-state index in [0.717, 1.165) is 13.0 Å². The van der Waals surface area contributed by atoms with E-state index in [-0.39, 0.29) is 17.4 Å². The predicted octanol–water partition coefficient (Wildman–Crippen LogP) is 0.716. The standard InChI is InChI=1S/C14H18N2O3S/c15-12(14(18)19)8-20-9-13(17)16-6-5-10-3-1-2-4-11(10)7-16/h1-4,12H,5-9,15H2,(H,18,19)/t12-/m1/s1. The summed E-state index contributed by atoms with van der Waals surface area (Å²) < 4.78 is 0. The molecule has 3 N–H and O–H groups in total. The van der Waals surface area contributed by atoms with Crippen molar-refractivity contribution in [3.63, 3.8) is 0 Å². The van der Waals surface area contributed by atoms with Gasteiger partial charge in [-0.2, -0.15) is 0 Å². The lowest BCUT2D eigenvalue weighted by Gasteiger charge is -2.28. The van der Waals surface area contributed by atoms with Crippen molar-refractivity contribution in [1.29, 1.82) is 0 Å². The first-order chi connectivity index (χ1) is 9.58. The van der Waals surface area contributed by atoms with Gasteiger partial charge in [-0.05, 0) is 17.5 Å². The highest BCUT2D eigenvalue weighted by Gasteiger charge is 2.20. The van der Waals surface area contributed by atoms with E-state index in [0.29, 0.717) is 6.54 Å². The minimum atomic E-state index is -1.03. The quantitative estimate of drug-likeness (QED) is 0.836. The summed E-state index contributed by atoms with van der Waals surface area (Å²) in [6.45, 7) is 1.36. The molecule has 108 valence electrons. The van der Waals surface area contributed by atoms with E-state index in [4.69, 9.17) is 10.8 Å². The molecule has 0 saturated heterocycles. The molecular formula is C14H18N2O3S. The lowest BCUT2D eigenvalue weighted by Crippen LogP contribution is -2.38. The van der Waals surface area contributed by atoms with E-state index in [1.165, 1.54) is 22.9 Å². The predicted molar refractivity (Wildman–Crippen MR) is 78.5 cm³/mol. The lowest BCUT2D eigenvalue weighted by molar-refractivity contribution is -0.138. The van der Waals surface area contributed by atoms with Crippen LogP contribution in [0, 0.1) is 0 Å².